The molecular formula is C16H20N2OS2. The lowest BCUT2D eigenvalue weighted by molar-refractivity contribution is 0.0943. The van der Waals surface area contributed by atoms with Gasteiger partial charge in [-0.3, -0.25) is 4.79 Å². The second kappa shape index (κ2) is 6.28. The van der Waals surface area contributed by atoms with Gasteiger partial charge in [0.05, 0.1) is 5.69 Å². The van der Waals surface area contributed by atoms with Crippen LogP contribution in [0.3, 0.4) is 0 Å². The number of thiophene rings is 1. The van der Waals surface area contributed by atoms with Gasteiger partial charge < -0.3 is 11.1 Å². The number of hydrogen-bond acceptors (Lipinski definition) is 4. The van der Waals surface area contributed by atoms with Gasteiger partial charge in [-0.2, -0.15) is 11.8 Å². The van der Waals surface area contributed by atoms with E-state index in [0.29, 0.717) is 15.8 Å². The zero-order valence-corrected chi connectivity index (χ0v) is 13.7. The highest BCUT2D eigenvalue weighted by molar-refractivity contribution is 7.99. The number of hydrogen-bond donors (Lipinski definition) is 2. The molecular weight excluding hydrogens is 300 g/mol. The first-order valence-corrected chi connectivity index (χ1v) is 9.26. The van der Waals surface area contributed by atoms with E-state index in [0.717, 1.165) is 22.3 Å². The maximum atomic E-state index is 12.6. The minimum Gasteiger partial charge on any atom is -0.397 e. The first kappa shape index (κ1) is 14.7. The van der Waals surface area contributed by atoms with Crippen molar-refractivity contribution in [1.82, 2.24) is 5.32 Å². The van der Waals surface area contributed by atoms with E-state index in [4.69, 9.17) is 5.73 Å². The fraction of sp³-hybridized carbons (Fsp3) is 0.438. The summed E-state index contributed by atoms with van der Waals surface area (Å²) in [7, 11) is 0. The van der Waals surface area contributed by atoms with E-state index in [2.05, 4.69) is 12.2 Å². The Morgan fingerprint density at radius 3 is 3.00 bits per heavy atom. The topological polar surface area (TPSA) is 55.1 Å². The number of nitrogens with two attached hydrogens (primary N) is 1. The van der Waals surface area contributed by atoms with Crippen LogP contribution < -0.4 is 11.1 Å². The number of carbonyl (C=O) groups excluding carboxylic acids is 1. The molecule has 21 heavy (non-hydrogen) atoms. The van der Waals surface area contributed by atoms with Crippen molar-refractivity contribution in [3.63, 3.8) is 0 Å². The van der Waals surface area contributed by atoms with Crippen molar-refractivity contribution in [2.45, 2.75) is 37.5 Å². The van der Waals surface area contributed by atoms with Crippen molar-refractivity contribution in [3.05, 3.63) is 29.1 Å². The van der Waals surface area contributed by atoms with Crippen LogP contribution in [0.5, 0.6) is 0 Å². The van der Waals surface area contributed by atoms with Gasteiger partial charge in [0.2, 0.25) is 0 Å². The largest absolute Gasteiger partial charge is 0.397 e. The third-order valence-electron chi connectivity index (χ3n) is 3.99. The van der Waals surface area contributed by atoms with Crippen LogP contribution in [0.1, 0.15) is 35.9 Å². The Kier molecular flexibility index (Phi) is 4.40. The van der Waals surface area contributed by atoms with Crippen LogP contribution in [0.25, 0.3) is 10.1 Å². The van der Waals surface area contributed by atoms with E-state index >= 15 is 0 Å². The Bertz CT molecular complexity index is 653. The van der Waals surface area contributed by atoms with E-state index in [1.54, 1.807) is 0 Å². The summed E-state index contributed by atoms with van der Waals surface area (Å²) in [4.78, 5) is 13.2. The summed E-state index contributed by atoms with van der Waals surface area (Å²) in [5.41, 5.74) is 6.77. The Morgan fingerprint density at radius 2 is 2.24 bits per heavy atom. The van der Waals surface area contributed by atoms with Gasteiger partial charge in [-0.05, 0) is 24.7 Å². The lowest BCUT2D eigenvalue weighted by atomic mass is 10.2. The molecule has 1 aromatic heterocycles. The summed E-state index contributed by atoms with van der Waals surface area (Å²) < 4.78 is 1.08. The molecule has 3 nitrogen and oxygen atoms in total. The highest BCUT2D eigenvalue weighted by atomic mass is 32.2. The van der Waals surface area contributed by atoms with Gasteiger partial charge in [0.15, 0.2) is 0 Å². The lowest BCUT2D eigenvalue weighted by Gasteiger charge is -2.19. The van der Waals surface area contributed by atoms with E-state index in [1.165, 1.54) is 24.2 Å². The molecule has 1 heterocycles. The Hall–Kier alpha value is -1.20. The minimum absolute atomic E-state index is 0.0118. The van der Waals surface area contributed by atoms with Crippen LogP contribution in [-0.2, 0) is 0 Å². The number of nitrogens with one attached hydrogen (secondary N) is 1. The molecule has 2 atom stereocenters. The second-order valence-corrected chi connectivity index (χ2v) is 7.91. The number of carbonyl (C=O) groups is 1. The molecule has 0 saturated heterocycles. The van der Waals surface area contributed by atoms with Crippen LogP contribution in [0.4, 0.5) is 5.69 Å². The molecule has 0 radical (unpaired) electrons. The van der Waals surface area contributed by atoms with Crippen molar-refractivity contribution in [1.29, 1.82) is 0 Å². The van der Waals surface area contributed by atoms with Gasteiger partial charge in [-0.25, -0.2) is 0 Å². The second-order valence-electron chi connectivity index (χ2n) is 5.35. The molecule has 1 aliphatic carbocycles. The zero-order chi connectivity index (χ0) is 14.8. The van der Waals surface area contributed by atoms with Crippen molar-refractivity contribution in [2.75, 3.05) is 11.5 Å². The number of benzene rings is 1. The lowest BCUT2D eigenvalue weighted by Crippen LogP contribution is -2.38. The third-order valence-corrected chi connectivity index (χ3v) is 6.50. The van der Waals surface area contributed by atoms with Gasteiger partial charge >= 0.3 is 0 Å². The highest BCUT2D eigenvalue weighted by Crippen LogP contribution is 2.34. The summed E-state index contributed by atoms with van der Waals surface area (Å²) in [6, 6.07) is 8.21. The SMILES string of the molecule is CCSC1CCCC1NC(=O)c1sc2ccccc2c1N. The van der Waals surface area contributed by atoms with Crippen LogP contribution >= 0.6 is 23.1 Å². The van der Waals surface area contributed by atoms with Gasteiger partial charge in [0, 0.05) is 21.4 Å². The van der Waals surface area contributed by atoms with E-state index < -0.39 is 0 Å². The molecule has 1 fully saturated rings. The summed E-state index contributed by atoms with van der Waals surface area (Å²) >= 11 is 3.44. The number of thioether (sulfide) groups is 1. The van der Waals surface area contributed by atoms with Crippen LogP contribution in [0.2, 0.25) is 0 Å². The number of rotatable bonds is 4. The molecule has 2 aromatic rings. The molecule has 1 aliphatic rings. The van der Waals surface area contributed by atoms with Crippen LogP contribution in [0.15, 0.2) is 24.3 Å². The molecule has 0 spiro atoms. The summed E-state index contributed by atoms with van der Waals surface area (Å²) in [5, 5.41) is 4.74. The fourth-order valence-corrected chi connectivity index (χ4v) is 5.20. The standard InChI is InChI=1S/C16H20N2OS2/c1-2-20-13-9-5-7-11(13)18-16(19)15-14(17)10-6-3-4-8-12(10)21-15/h3-4,6,8,11,13H,2,5,7,9,17H2,1H3,(H,18,19). The summed E-state index contributed by atoms with van der Waals surface area (Å²) in [6.07, 6.45) is 3.48. The van der Waals surface area contributed by atoms with E-state index in [-0.39, 0.29) is 11.9 Å². The predicted octanol–water partition coefficient (Wildman–Crippen LogP) is 3.89. The zero-order valence-electron chi connectivity index (χ0n) is 12.1. The molecule has 2 unspecified atom stereocenters. The minimum atomic E-state index is -0.0118. The molecule has 1 aromatic carbocycles. The molecule has 3 N–H and O–H groups in total. The molecule has 5 heteroatoms. The van der Waals surface area contributed by atoms with Crippen molar-refractivity contribution < 1.29 is 4.79 Å². The number of amides is 1. The van der Waals surface area contributed by atoms with Gasteiger partial charge in [0.25, 0.3) is 5.91 Å². The molecule has 0 bridgehead atoms. The van der Waals surface area contributed by atoms with Gasteiger partial charge in [0.1, 0.15) is 4.88 Å². The molecule has 1 saturated carbocycles. The average molecular weight is 320 g/mol. The van der Waals surface area contributed by atoms with Crippen LogP contribution in [-0.4, -0.2) is 23.0 Å². The predicted molar refractivity (Wildman–Crippen MR) is 93.3 cm³/mol. The molecule has 1 amide bonds. The van der Waals surface area contributed by atoms with Crippen molar-refractivity contribution >= 4 is 44.8 Å². The van der Waals surface area contributed by atoms with Gasteiger partial charge in [-0.1, -0.05) is 31.5 Å². The number of anilines is 1. The summed E-state index contributed by atoms with van der Waals surface area (Å²) in [5.74, 6) is 1.09. The fourth-order valence-electron chi connectivity index (χ4n) is 2.97. The average Bonchev–Trinajstić information content (AvgIpc) is 3.05. The maximum Gasteiger partial charge on any atom is 0.263 e. The monoisotopic (exact) mass is 320 g/mol. The molecule has 0 aliphatic heterocycles. The van der Waals surface area contributed by atoms with Crippen LogP contribution in [0, 0.1) is 0 Å². The first-order chi connectivity index (χ1) is 10.2. The maximum absolute atomic E-state index is 12.6. The normalized spacial score (nSPS) is 21.8. The number of nitrogen functional groups attached to an aromatic ring is 1. The first-order valence-electron chi connectivity index (χ1n) is 7.40. The number of fused-ring (bicyclic) bond motifs is 1. The molecule has 112 valence electrons. The Balaban J connectivity index is 1.79. The van der Waals surface area contributed by atoms with Gasteiger partial charge in [-0.15, -0.1) is 11.3 Å². The Morgan fingerprint density at radius 1 is 1.43 bits per heavy atom. The quantitative estimate of drug-likeness (QED) is 0.898. The Labute approximate surface area is 133 Å². The van der Waals surface area contributed by atoms with E-state index in [9.17, 15) is 4.79 Å². The van der Waals surface area contributed by atoms with E-state index in [1.807, 2.05) is 36.0 Å². The van der Waals surface area contributed by atoms with Crippen molar-refractivity contribution in [2.24, 2.45) is 0 Å². The smallest absolute Gasteiger partial charge is 0.263 e. The third kappa shape index (κ3) is 2.90. The highest BCUT2D eigenvalue weighted by Gasteiger charge is 2.29. The summed E-state index contributed by atoms with van der Waals surface area (Å²) in [6.45, 7) is 2.17. The molecule has 3 rings (SSSR count). The van der Waals surface area contributed by atoms with Crippen molar-refractivity contribution in [3.8, 4) is 0 Å².